The number of aliphatic carboxylic acids is 1. The molecule has 2 unspecified atom stereocenters. The molecule has 4 rings (SSSR count). The number of aromatic nitrogens is 1. The fraction of sp³-hybridized carbons (Fsp3) is 0.351. The highest BCUT2D eigenvalue weighted by atomic mass is 35.5. The highest BCUT2D eigenvalue weighted by Crippen LogP contribution is 2.36. The van der Waals surface area contributed by atoms with Gasteiger partial charge in [-0.05, 0) is 105 Å². The van der Waals surface area contributed by atoms with Gasteiger partial charge in [-0.2, -0.15) is 11.8 Å². The van der Waals surface area contributed by atoms with Crippen LogP contribution in [-0.2, 0) is 11.2 Å². The zero-order chi connectivity index (χ0) is 30.8. The highest BCUT2D eigenvalue weighted by molar-refractivity contribution is 7.99. The number of aryl methyl sites for hydroxylation is 1. The number of unbranched alkanes of at least 4 members (excludes halogenated alkanes) is 1. The predicted octanol–water partition coefficient (Wildman–Crippen LogP) is 9.99. The van der Waals surface area contributed by atoms with Crippen molar-refractivity contribution in [1.29, 1.82) is 0 Å². The van der Waals surface area contributed by atoms with E-state index in [0.29, 0.717) is 11.4 Å². The average molecular weight is 616 g/mol. The van der Waals surface area contributed by atoms with E-state index in [1.165, 1.54) is 5.56 Å². The van der Waals surface area contributed by atoms with E-state index < -0.39 is 17.5 Å². The number of carboxylic acids is 1. The SMILES string of the molecule is CCC(C(=O)O)c1ccccc1CCC(SCCCCC(C)(C)O)c1cccc(/C=C/c2ccc3ccc(Cl)cc3n2)c1. The van der Waals surface area contributed by atoms with Gasteiger partial charge in [-0.25, -0.2) is 4.98 Å². The molecule has 4 aromatic rings. The summed E-state index contributed by atoms with van der Waals surface area (Å²) in [5.41, 5.74) is 5.51. The first-order chi connectivity index (χ1) is 20.6. The summed E-state index contributed by atoms with van der Waals surface area (Å²) >= 11 is 8.13. The van der Waals surface area contributed by atoms with Gasteiger partial charge in [0, 0.05) is 15.7 Å². The van der Waals surface area contributed by atoms with Gasteiger partial charge in [0.05, 0.1) is 22.7 Å². The monoisotopic (exact) mass is 615 g/mol. The Morgan fingerprint density at radius 1 is 1.00 bits per heavy atom. The fourth-order valence-corrected chi connectivity index (χ4v) is 6.84. The number of nitrogens with zero attached hydrogens (tertiary/aromatic N) is 1. The second-order valence-corrected chi connectivity index (χ2v) is 13.5. The molecule has 0 amide bonds. The quantitative estimate of drug-likeness (QED) is 0.130. The molecular formula is C37H42ClNO3S. The maximum atomic E-state index is 12.0. The van der Waals surface area contributed by atoms with Crippen LogP contribution in [0.15, 0.2) is 78.9 Å². The molecule has 0 fully saturated rings. The summed E-state index contributed by atoms with van der Waals surface area (Å²) < 4.78 is 0. The lowest BCUT2D eigenvalue weighted by molar-refractivity contribution is -0.138. The van der Waals surface area contributed by atoms with Crippen LogP contribution in [0.25, 0.3) is 23.1 Å². The van der Waals surface area contributed by atoms with E-state index in [-0.39, 0.29) is 5.25 Å². The smallest absolute Gasteiger partial charge is 0.310 e. The first kappa shape index (κ1) is 32.8. The molecule has 0 saturated carbocycles. The third-order valence-electron chi connectivity index (χ3n) is 7.72. The number of hydrogen-bond donors (Lipinski definition) is 2. The first-order valence-corrected chi connectivity index (χ1v) is 16.5. The molecule has 0 aliphatic carbocycles. The molecule has 0 bridgehead atoms. The van der Waals surface area contributed by atoms with E-state index in [1.807, 2.05) is 81.1 Å². The molecular weight excluding hydrogens is 574 g/mol. The van der Waals surface area contributed by atoms with Crippen molar-refractivity contribution < 1.29 is 15.0 Å². The maximum absolute atomic E-state index is 12.0. The molecule has 0 radical (unpaired) electrons. The third-order valence-corrected chi connectivity index (χ3v) is 9.39. The number of carbonyl (C=O) groups is 1. The van der Waals surface area contributed by atoms with Gasteiger partial charge in [0.1, 0.15) is 0 Å². The van der Waals surface area contributed by atoms with Crippen LogP contribution < -0.4 is 0 Å². The number of thioether (sulfide) groups is 1. The van der Waals surface area contributed by atoms with Crippen molar-refractivity contribution in [1.82, 2.24) is 4.98 Å². The fourth-order valence-electron chi connectivity index (χ4n) is 5.39. The Morgan fingerprint density at radius 3 is 2.56 bits per heavy atom. The lowest BCUT2D eigenvalue weighted by Crippen LogP contribution is -2.17. The molecule has 0 aliphatic rings. The van der Waals surface area contributed by atoms with Crippen LogP contribution in [-0.4, -0.2) is 32.5 Å². The second kappa shape index (κ2) is 15.6. The van der Waals surface area contributed by atoms with Crippen molar-refractivity contribution >= 4 is 52.4 Å². The van der Waals surface area contributed by atoms with E-state index in [4.69, 9.17) is 16.6 Å². The highest BCUT2D eigenvalue weighted by Gasteiger charge is 2.21. The maximum Gasteiger partial charge on any atom is 0.310 e. The van der Waals surface area contributed by atoms with Gasteiger partial charge >= 0.3 is 5.97 Å². The Bertz CT molecular complexity index is 1540. The Morgan fingerprint density at radius 2 is 1.79 bits per heavy atom. The van der Waals surface area contributed by atoms with Gasteiger partial charge in [0.2, 0.25) is 0 Å². The van der Waals surface area contributed by atoms with Gasteiger partial charge in [-0.3, -0.25) is 4.79 Å². The van der Waals surface area contributed by atoms with Crippen molar-refractivity contribution in [2.45, 2.75) is 76.1 Å². The Hall–Kier alpha value is -3.12. The van der Waals surface area contributed by atoms with Crippen molar-refractivity contribution in [3.8, 4) is 0 Å². The minimum Gasteiger partial charge on any atom is -0.481 e. The van der Waals surface area contributed by atoms with Gasteiger partial charge < -0.3 is 10.2 Å². The van der Waals surface area contributed by atoms with E-state index >= 15 is 0 Å². The average Bonchev–Trinajstić information content (AvgIpc) is 2.97. The Labute approximate surface area is 265 Å². The molecule has 0 aliphatic heterocycles. The van der Waals surface area contributed by atoms with Crippen molar-refractivity contribution in [3.05, 3.63) is 112 Å². The first-order valence-electron chi connectivity index (χ1n) is 15.1. The van der Waals surface area contributed by atoms with Crippen LogP contribution in [0.5, 0.6) is 0 Å². The van der Waals surface area contributed by atoms with Gasteiger partial charge in [0.25, 0.3) is 0 Å². The van der Waals surface area contributed by atoms with Gasteiger partial charge in [0.15, 0.2) is 0 Å². The van der Waals surface area contributed by atoms with Crippen LogP contribution in [0.1, 0.15) is 92.0 Å². The molecule has 3 aromatic carbocycles. The molecule has 1 heterocycles. The zero-order valence-corrected chi connectivity index (χ0v) is 26.9. The second-order valence-electron chi connectivity index (χ2n) is 11.7. The summed E-state index contributed by atoms with van der Waals surface area (Å²) in [6.45, 7) is 5.66. The topological polar surface area (TPSA) is 70.4 Å². The molecule has 4 nitrogen and oxygen atoms in total. The molecule has 1 aromatic heterocycles. The normalized spacial score (nSPS) is 13.4. The minimum atomic E-state index is -0.767. The Balaban J connectivity index is 1.53. The summed E-state index contributed by atoms with van der Waals surface area (Å²) in [5.74, 6) is -0.257. The van der Waals surface area contributed by atoms with Crippen molar-refractivity contribution in [2.24, 2.45) is 0 Å². The number of halogens is 1. The van der Waals surface area contributed by atoms with E-state index in [2.05, 4.69) is 42.5 Å². The van der Waals surface area contributed by atoms with Crippen LogP contribution in [0, 0.1) is 0 Å². The molecule has 43 heavy (non-hydrogen) atoms. The molecule has 6 heteroatoms. The largest absolute Gasteiger partial charge is 0.481 e. The lowest BCUT2D eigenvalue weighted by Gasteiger charge is -2.21. The molecule has 2 atom stereocenters. The van der Waals surface area contributed by atoms with E-state index in [1.54, 1.807) is 0 Å². The summed E-state index contributed by atoms with van der Waals surface area (Å²) in [6, 6.07) is 26.5. The number of carboxylic acid groups (broad SMARTS) is 1. The van der Waals surface area contributed by atoms with Crippen LogP contribution in [0.2, 0.25) is 5.02 Å². The van der Waals surface area contributed by atoms with E-state index in [0.717, 1.165) is 71.1 Å². The number of fused-ring (bicyclic) bond motifs is 1. The molecule has 226 valence electrons. The van der Waals surface area contributed by atoms with Crippen LogP contribution >= 0.6 is 23.4 Å². The summed E-state index contributed by atoms with van der Waals surface area (Å²) in [6.07, 6.45) is 9.22. The van der Waals surface area contributed by atoms with Crippen molar-refractivity contribution in [3.63, 3.8) is 0 Å². The minimum absolute atomic E-state index is 0.259. The third kappa shape index (κ3) is 9.96. The number of aliphatic hydroxyl groups is 1. The summed E-state index contributed by atoms with van der Waals surface area (Å²) in [4.78, 5) is 16.7. The number of hydrogen-bond acceptors (Lipinski definition) is 4. The number of rotatable bonds is 15. The zero-order valence-electron chi connectivity index (χ0n) is 25.3. The molecule has 0 spiro atoms. The molecule has 2 N–H and O–H groups in total. The summed E-state index contributed by atoms with van der Waals surface area (Å²) in [5, 5.41) is 21.9. The predicted molar refractivity (Wildman–Crippen MR) is 183 cm³/mol. The lowest BCUT2D eigenvalue weighted by atomic mass is 9.89. The van der Waals surface area contributed by atoms with Gasteiger partial charge in [-0.15, -0.1) is 0 Å². The molecule has 0 saturated heterocycles. The Kier molecular flexibility index (Phi) is 11.9. The van der Waals surface area contributed by atoms with Gasteiger partial charge in [-0.1, -0.05) is 85.3 Å². The standard InChI is InChI=1S/C37H42ClNO3S/c1-4-32(36(40)41)33-13-6-5-11-27(33)17-21-35(43-23-8-7-22-37(2,3)42)29-12-9-10-26(24-29)14-19-31-20-16-28-15-18-30(38)25-34(28)39-31/h5-6,9-16,18-20,24-25,32,35,42H,4,7-8,17,21-23H2,1-3H3,(H,40,41)/b19-14+. The van der Waals surface area contributed by atoms with Crippen LogP contribution in [0.4, 0.5) is 0 Å². The van der Waals surface area contributed by atoms with Crippen molar-refractivity contribution in [2.75, 3.05) is 5.75 Å². The van der Waals surface area contributed by atoms with Crippen LogP contribution in [0.3, 0.4) is 0 Å². The summed E-state index contributed by atoms with van der Waals surface area (Å²) in [7, 11) is 0. The van der Waals surface area contributed by atoms with E-state index in [9.17, 15) is 15.0 Å². The number of benzene rings is 3. The number of pyridine rings is 1.